The molecule has 0 aromatic heterocycles. The van der Waals surface area contributed by atoms with Gasteiger partial charge in [0.05, 0.1) is 11.5 Å². The maximum absolute atomic E-state index is 11.7. The van der Waals surface area contributed by atoms with Gasteiger partial charge in [-0.25, -0.2) is 8.42 Å². The number of halogens is 1. The van der Waals surface area contributed by atoms with Gasteiger partial charge in [0.2, 0.25) is 0 Å². The normalized spacial score (nSPS) is 21.3. The lowest BCUT2D eigenvalue weighted by Crippen LogP contribution is -2.15. The highest BCUT2D eigenvalue weighted by Crippen LogP contribution is 2.24. The maximum Gasteiger partial charge on any atom is 0.311 e. The van der Waals surface area contributed by atoms with Crippen LogP contribution in [0.2, 0.25) is 5.02 Å². The fraction of sp³-hybridized carbons (Fsp3) is 0.462. The molecule has 0 saturated carbocycles. The minimum absolute atomic E-state index is 0.0851. The Labute approximate surface area is 117 Å². The summed E-state index contributed by atoms with van der Waals surface area (Å²) in [6.07, 6.45) is 0.679. The van der Waals surface area contributed by atoms with Crippen LogP contribution < -0.4 is 4.74 Å². The standard InChI is InChI=1S/C13H15ClO4S/c1-9-6-11(2-3-12(9)14)18-13(15)7-10-4-5-19(16,17)8-10/h2-3,6,10H,4-5,7-8H2,1H3/t10-/m1/s1. The van der Waals surface area contributed by atoms with Crippen LogP contribution in [0, 0.1) is 12.8 Å². The molecule has 1 atom stereocenters. The molecule has 6 heteroatoms. The molecule has 0 radical (unpaired) electrons. The monoisotopic (exact) mass is 302 g/mol. The van der Waals surface area contributed by atoms with Crippen molar-refractivity contribution >= 4 is 27.4 Å². The number of esters is 1. The van der Waals surface area contributed by atoms with E-state index in [4.69, 9.17) is 16.3 Å². The van der Waals surface area contributed by atoms with Gasteiger partial charge in [-0.3, -0.25) is 4.79 Å². The van der Waals surface area contributed by atoms with Crippen molar-refractivity contribution in [2.24, 2.45) is 5.92 Å². The molecule has 1 aliphatic heterocycles. The number of carbonyl (C=O) groups is 1. The van der Waals surface area contributed by atoms with E-state index >= 15 is 0 Å². The number of aryl methyl sites for hydroxylation is 1. The summed E-state index contributed by atoms with van der Waals surface area (Å²) < 4.78 is 27.8. The second-order valence-corrected chi connectivity index (χ2v) is 7.49. The quantitative estimate of drug-likeness (QED) is 0.635. The first kappa shape index (κ1) is 14.3. The number of ether oxygens (including phenoxy) is 1. The molecule has 1 fully saturated rings. The molecule has 0 unspecified atom stereocenters. The lowest BCUT2D eigenvalue weighted by atomic mass is 10.1. The van der Waals surface area contributed by atoms with E-state index in [1.807, 2.05) is 6.92 Å². The van der Waals surface area contributed by atoms with Gasteiger partial charge < -0.3 is 4.74 Å². The third-order valence-electron chi connectivity index (χ3n) is 3.14. The Bertz CT molecular complexity index is 595. The van der Waals surface area contributed by atoms with E-state index in [1.54, 1.807) is 18.2 Å². The van der Waals surface area contributed by atoms with E-state index < -0.39 is 15.8 Å². The van der Waals surface area contributed by atoms with Gasteiger partial charge in [-0.05, 0) is 43.0 Å². The van der Waals surface area contributed by atoms with Gasteiger partial charge in [-0.2, -0.15) is 0 Å². The van der Waals surface area contributed by atoms with E-state index in [0.29, 0.717) is 17.2 Å². The Balaban J connectivity index is 1.93. The Hall–Kier alpha value is -1.07. The first-order chi connectivity index (χ1) is 8.85. The fourth-order valence-electron chi connectivity index (χ4n) is 2.12. The third-order valence-corrected chi connectivity index (χ3v) is 5.40. The molecule has 1 aliphatic rings. The van der Waals surface area contributed by atoms with Gasteiger partial charge in [0.1, 0.15) is 5.75 Å². The number of hydrogen-bond donors (Lipinski definition) is 0. The highest BCUT2D eigenvalue weighted by molar-refractivity contribution is 7.91. The van der Waals surface area contributed by atoms with E-state index in [0.717, 1.165) is 5.56 Å². The topological polar surface area (TPSA) is 60.4 Å². The molecular formula is C13H15ClO4S. The van der Waals surface area contributed by atoms with Crippen molar-refractivity contribution in [2.45, 2.75) is 19.8 Å². The molecule has 1 heterocycles. The molecule has 1 saturated heterocycles. The van der Waals surface area contributed by atoms with Gasteiger partial charge in [0, 0.05) is 11.4 Å². The average Bonchev–Trinajstić information content (AvgIpc) is 2.63. The van der Waals surface area contributed by atoms with Gasteiger partial charge in [-0.15, -0.1) is 0 Å². The highest BCUT2D eigenvalue weighted by atomic mass is 35.5. The van der Waals surface area contributed by atoms with Gasteiger partial charge >= 0.3 is 5.97 Å². The van der Waals surface area contributed by atoms with E-state index in [9.17, 15) is 13.2 Å². The average molecular weight is 303 g/mol. The molecular weight excluding hydrogens is 288 g/mol. The number of benzene rings is 1. The summed E-state index contributed by atoms with van der Waals surface area (Å²) >= 11 is 5.88. The molecule has 0 aliphatic carbocycles. The van der Waals surface area contributed by atoms with Crippen LogP contribution in [-0.4, -0.2) is 25.9 Å². The Kier molecular flexibility index (Phi) is 4.16. The van der Waals surface area contributed by atoms with Crippen molar-refractivity contribution < 1.29 is 17.9 Å². The van der Waals surface area contributed by atoms with Crippen LogP contribution in [0.25, 0.3) is 0 Å². The van der Waals surface area contributed by atoms with Crippen molar-refractivity contribution in [3.63, 3.8) is 0 Å². The van der Waals surface area contributed by atoms with E-state index in [1.165, 1.54) is 0 Å². The van der Waals surface area contributed by atoms with Gasteiger partial charge in [0.15, 0.2) is 9.84 Å². The summed E-state index contributed by atoms with van der Waals surface area (Å²) in [5.74, 6) is 0.176. The molecule has 2 rings (SSSR count). The second-order valence-electron chi connectivity index (χ2n) is 4.86. The van der Waals surface area contributed by atoms with Gasteiger partial charge in [-0.1, -0.05) is 11.6 Å². The second kappa shape index (κ2) is 5.51. The minimum atomic E-state index is -2.95. The molecule has 0 bridgehead atoms. The summed E-state index contributed by atoms with van der Waals surface area (Å²) in [7, 11) is -2.95. The van der Waals surface area contributed by atoms with Crippen LogP contribution in [0.3, 0.4) is 0 Å². The predicted molar refractivity (Wildman–Crippen MR) is 73.2 cm³/mol. The number of sulfone groups is 1. The zero-order valence-electron chi connectivity index (χ0n) is 10.6. The lowest BCUT2D eigenvalue weighted by molar-refractivity contribution is -0.135. The predicted octanol–water partition coefficient (Wildman–Crippen LogP) is 2.38. The molecule has 104 valence electrons. The number of rotatable bonds is 3. The zero-order valence-corrected chi connectivity index (χ0v) is 12.1. The van der Waals surface area contributed by atoms with Crippen molar-refractivity contribution in [1.82, 2.24) is 0 Å². The van der Waals surface area contributed by atoms with Crippen LogP contribution in [-0.2, 0) is 14.6 Å². The summed E-state index contributed by atoms with van der Waals surface area (Å²) in [6.45, 7) is 1.82. The van der Waals surface area contributed by atoms with Crippen LogP contribution in [0.15, 0.2) is 18.2 Å². The zero-order chi connectivity index (χ0) is 14.0. The molecule has 0 N–H and O–H groups in total. The van der Waals surface area contributed by atoms with Crippen LogP contribution >= 0.6 is 11.6 Å². The van der Waals surface area contributed by atoms with E-state index in [-0.39, 0.29) is 23.8 Å². The summed E-state index contributed by atoms with van der Waals surface area (Å²) in [6, 6.07) is 4.98. The van der Waals surface area contributed by atoms with Crippen molar-refractivity contribution in [2.75, 3.05) is 11.5 Å². The van der Waals surface area contributed by atoms with Crippen molar-refractivity contribution in [1.29, 1.82) is 0 Å². The first-order valence-electron chi connectivity index (χ1n) is 6.03. The largest absolute Gasteiger partial charge is 0.427 e. The first-order valence-corrected chi connectivity index (χ1v) is 8.23. The van der Waals surface area contributed by atoms with Crippen LogP contribution in [0.4, 0.5) is 0 Å². The fourth-order valence-corrected chi connectivity index (χ4v) is 4.10. The minimum Gasteiger partial charge on any atom is -0.427 e. The molecule has 1 aromatic carbocycles. The maximum atomic E-state index is 11.7. The Morgan fingerprint density at radius 1 is 1.47 bits per heavy atom. The Morgan fingerprint density at radius 2 is 2.21 bits per heavy atom. The SMILES string of the molecule is Cc1cc(OC(=O)C[C@H]2CCS(=O)(=O)C2)ccc1Cl. The lowest BCUT2D eigenvalue weighted by Gasteiger charge is -2.08. The highest BCUT2D eigenvalue weighted by Gasteiger charge is 2.29. The molecule has 19 heavy (non-hydrogen) atoms. The summed E-state index contributed by atoms with van der Waals surface area (Å²) in [5, 5.41) is 0.613. The molecule has 0 spiro atoms. The van der Waals surface area contributed by atoms with Crippen molar-refractivity contribution in [3.8, 4) is 5.75 Å². The summed E-state index contributed by atoms with van der Waals surface area (Å²) in [4.78, 5) is 11.7. The summed E-state index contributed by atoms with van der Waals surface area (Å²) in [5.41, 5.74) is 0.829. The van der Waals surface area contributed by atoms with Crippen LogP contribution in [0.5, 0.6) is 5.75 Å². The third kappa shape index (κ3) is 3.94. The van der Waals surface area contributed by atoms with Crippen LogP contribution in [0.1, 0.15) is 18.4 Å². The number of carbonyl (C=O) groups excluding carboxylic acids is 1. The number of hydrogen-bond acceptors (Lipinski definition) is 4. The molecule has 0 amide bonds. The van der Waals surface area contributed by atoms with Crippen molar-refractivity contribution in [3.05, 3.63) is 28.8 Å². The van der Waals surface area contributed by atoms with Gasteiger partial charge in [0.25, 0.3) is 0 Å². The molecule has 1 aromatic rings. The smallest absolute Gasteiger partial charge is 0.311 e. The Morgan fingerprint density at radius 3 is 2.79 bits per heavy atom. The van der Waals surface area contributed by atoms with E-state index in [2.05, 4.69) is 0 Å². The molecule has 4 nitrogen and oxygen atoms in total.